The van der Waals surface area contributed by atoms with Gasteiger partial charge in [0.05, 0.1) is 22.1 Å². The van der Waals surface area contributed by atoms with Crippen molar-refractivity contribution in [3.05, 3.63) is 89.3 Å². The number of aryl methyl sites for hydroxylation is 1. The lowest BCUT2D eigenvalue weighted by Gasteiger charge is -2.14. The smallest absolute Gasteiger partial charge is 0.293 e. The molecule has 3 aromatic rings. The Kier molecular flexibility index (Phi) is 9.40. The molecule has 0 atom stereocenters. The van der Waals surface area contributed by atoms with Crippen molar-refractivity contribution in [1.82, 2.24) is 4.90 Å². The molecule has 0 saturated carbocycles. The zero-order chi connectivity index (χ0) is 27.4. The second-order valence-electron chi connectivity index (χ2n) is 8.19. The second kappa shape index (κ2) is 12.5. The van der Waals surface area contributed by atoms with Crippen molar-refractivity contribution in [3.63, 3.8) is 0 Å². The number of benzene rings is 3. The summed E-state index contributed by atoms with van der Waals surface area (Å²) in [6.07, 6.45) is 1.65. The lowest BCUT2D eigenvalue weighted by Crippen LogP contribution is -2.27. The Balaban J connectivity index is 1.47. The molecular formula is C27H21BrClIN2O5S. The molecule has 7 nitrogen and oxygen atoms in total. The van der Waals surface area contributed by atoms with Crippen molar-refractivity contribution in [2.75, 3.05) is 19.0 Å². The fourth-order valence-corrected chi connectivity index (χ4v) is 5.76. The molecule has 1 saturated heterocycles. The number of methoxy groups -OCH3 is 1. The van der Waals surface area contributed by atoms with Crippen molar-refractivity contribution < 1.29 is 23.9 Å². The number of carbonyl (C=O) groups excluding carboxylic acids is 3. The van der Waals surface area contributed by atoms with Crippen LogP contribution < -0.4 is 14.8 Å². The summed E-state index contributed by atoms with van der Waals surface area (Å²) in [4.78, 5) is 39.5. The van der Waals surface area contributed by atoms with Crippen LogP contribution in [0, 0.1) is 10.5 Å². The number of amides is 3. The minimum absolute atomic E-state index is 0.175. The van der Waals surface area contributed by atoms with Crippen LogP contribution in [-0.2, 0) is 16.1 Å². The molecule has 38 heavy (non-hydrogen) atoms. The maximum atomic E-state index is 13.0. The van der Waals surface area contributed by atoms with Crippen LogP contribution in [0.5, 0.6) is 11.5 Å². The Morgan fingerprint density at radius 3 is 2.66 bits per heavy atom. The van der Waals surface area contributed by atoms with Crippen LogP contribution in [-0.4, -0.2) is 35.7 Å². The summed E-state index contributed by atoms with van der Waals surface area (Å²) in [5.41, 5.74) is 2.97. The molecule has 1 aliphatic rings. The number of anilines is 1. The average molecular weight is 728 g/mol. The van der Waals surface area contributed by atoms with Crippen molar-refractivity contribution in [2.45, 2.75) is 13.5 Å². The van der Waals surface area contributed by atoms with Crippen LogP contribution >= 0.6 is 61.9 Å². The van der Waals surface area contributed by atoms with E-state index in [1.54, 1.807) is 30.3 Å². The van der Waals surface area contributed by atoms with Crippen molar-refractivity contribution in [2.24, 2.45) is 0 Å². The lowest BCUT2D eigenvalue weighted by molar-refractivity contribution is -0.123. The number of halogens is 3. The third kappa shape index (κ3) is 6.71. The molecule has 0 aliphatic carbocycles. The fourth-order valence-electron chi connectivity index (χ4n) is 3.55. The number of ether oxygens (including phenoxy) is 2. The zero-order valence-electron chi connectivity index (χ0n) is 20.2. The monoisotopic (exact) mass is 726 g/mol. The molecule has 1 fully saturated rings. The van der Waals surface area contributed by atoms with Crippen LogP contribution in [0.15, 0.2) is 64.0 Å². The second-order valence-corrected chi connectivity index (χ2v) is 11.6. The quantitative estimate of drug-likeness (QED) is 0.194. The molecule has 0 bridgehead atoms. The number of carbonyl (C=O) groups is 3. The Morgan fingerprint density at radius 1 is 1.18 bits per heavy atom. The molecule has 4 rings (SSSR count). The summed E-state index contributed by atoms with van der Waals surface area (Å²) < 4.78 is 12.8. The molecule has 0 spiro atoms. The number of hydrogen-bond acceptors (Lipinski definition) is 6. The summed E-state index contributed by atoms with van der Waals surface area (Å²) in [5, 5.41) is 2.97. The number of rotatable bonds is 8. The van der Waals surface area contributed by atoms with Crippen molar-refractivity contribution >= 4 is 90.7 Å². The number of imide groups is 1. The Hall–Kier alpha value is -2.54. The predicted octanol–water partition coefficient (Wildman–Crippen LogP) is 7.28. The van der Waals surface area contributed by atoms with Crippen LogP contribution in [0.2, 0.25) is 5.02 Å². The molecule has 3 amide bonds. The van der Waals surface area contributed by atoms with Gasteiger partial charge < -0.3 is 14.8 Å². The largest absolute Gasteiger partial charge is 0.493 e. The van der Waals surface area contributed by atoms with E-state index < -0.39 is 0 Å². The third-order valence-electron chi connectivity index (χ3n) is 5.51. The highest BCUT2D eigenvalue weighted by molar-refractivity contribution is 14.1. The van der Waals surface area contributed by atoms with Crippen LogP contribution in [0.4, 0.5) is 10.5 Å². The molecule has 1 heterocycles. The molecular weight excluding hydrogens is 707 g/mol. The van der Waals surface area contributed by atoms with Gasteiger partial charge in [-0.25, -0.2) is 0 Å². The van der Waals surface area contributed by atoms with Gasteiger partial charge in [0.15, 0.2) is 18.1 Å². The van der Waals surface area contributed by atoms with Crippen LogP contribution in [0.25, 0.3) is 6.08 Å². The molecule has 0 aromatic heterocycles. The Labute approximate surface area is 251 Å². The first kappa shape index (κ1) is 28.5. The molecule has 0 radical (unpaired) electrons. The summed E-state index contributed by atoms with van der Waals surface area (Å²) in [6, 6.07) is 16.2. The van der Waals surface area contributed by atoms with E-state index in [0.717, 1.165) is 27.4 Å². The predicted molar refractivity (Wildman–Crippen MR) is 162 cm³/mol. The van der Waals surface area contributed by atoms with Gasteiger partial charge in [0, 0.05) is 15.2 Å². The van der Waals surface area contributed by atoms with E-state index in [1.807, 2.05) is 37.3 Å². The highest BCUT2D eigenvalue weighted by atomic mass is 127. The van der Waals surface area contributed by atoms with Gasteiger partial charge in [-0.2, -0.15) is 0 Å². The van der Waals surface area contributed by atoms with E-state index in [-0.39, 0.29) is 30.2 Å². The highest BCUT2D eigenvalue weighted by Gasteiger charge is 2.35. The van der Waals surface area contributed by atoms with Crippen molar-refractivity contribution in [3.8, 4) is 11.5 Å². The molecule has 11 heteroatoms. The van der Waals surface area contributed by atoms with Gasteiger partial charge in [0.2, 0.25) is 0 Å². The van der Waals surface area contributed by atoms with E-state index >= 15 is 0 Å². The normalized spacial score (nSPS) is 14.2. The first-order valence-electron chi connectivity index (χ1n) is 11.2. The van der Waals surface area contributed by atoms with Gasteiger partial charge in [0.1, 0.15) is 0 Å². The van der Waals surface area contributed by atoms with E-state index in [0.29, 0.717) is 36.2 Å². The maximum Gasteiger partial charge on any atom is 0.293 e. The minimum atomic E-state index is -0.363. The zero-order valence-corrected chi connectivity index (χ0v) is 25.5. The SMILES string of the molecule is COc1cc(/C=C2\SC(=O)N(Cc3ccccc3Br)C2=O)cc(I)c1OCC(=O)Nc1ccc(C)c(Cl)c1. The van der Waals surface area contributed by atoms with Crippen LogP contribution in [0.3, 0.4) is 0 Å². The van der Waals surface area contributed by atoms with Gasteiger partial charge in [-0.1, -0.05) is 51.8 Å². The standard InChI is InChI=1S/C27H21BrClIN2O5S/c1-15-7-8-18(12-20(15)29)31-24(33)14-37-25-21(30)9-16(10-22(25)36-2)11-23-26(34)32(27(35)38-23)13-17-5-3-4-6-19(17)28/h3-12H,13-14H2,1-2H3,(H,31,33)/b23-11-. The number of nitrogens with one attached hydrogen (secondary N) is 1. The molecule has 0 unspecified atom stereocenters. The van der Waals surface area contributed by atoms with E-state index in [9.17, 15) is 14.4 Å². The first-order valence-corrected chi connectivity index (χ1v) is 14.3. The Bertz CT molecular complexity index is 1470. The third-order valence-corrected chi connectivity index (χ3v) is 8.40. The van der Waals surface area contributed by atoms with Gasteiger partial charge in [-0.15, -0.1) is 0 Å². The summed E-state index contributed by atoms with van der Waals surface area (Å²) in [7, 11) is 1.49. The molecule has 1 aliphatic heterocycles. The lowest BCUT2D eigenvalue weighted by atomic mass is 10.1. The molecule has 1 N–H and O–H groups in total. The van der Waals surface area contributed by atoms with E-state index in [2.05, 4.69) is 43.8 Å². The number of thioether (sulfide) groups is 1. The van der Waals surface area contributed by atoms with Crippen LogP contribution in [0.1, 0.15) is 16.7 Å². The molecule has 3 aromatic carbocycles. The summed E-state index contributed by atoms with van der Waals surface area (Å²) >= 11 is 12.5. The molecule has 196 valence electrons. The fraction of sp³-hybridized carbons (Fsp3) is 0.148. The van der Waals surface area contributed by atoms with Crippen molar-refractivity contribution in [1.29, 1.82) is 0 Å². The maximum absolute atomic E-state index is 13.0. The van der Waals surface area contributed by atoms with E-state index in [1.165, 1.54) is 12.0 Å². The number of hydrogen-bond donors (Lipinski definition) is 1. The van der Waals surface area contributed by atoms with Gasteiger partial charge in [0.25, 0.3) is 17.1 Å². The van der Waals surface area contributed by atoms with Gasteiger partial charge >= 0.3 is 0 Å². The van der Waals surface area contributed by atoms with Gasteiger partial charge in [-0.3, -0.25) is 19.3 Å². The first-order chi connectivity index (χ1) is 18.2. The topological polar surface area (TPSA) is 84.9 Å². The Morgan fingerprint density at radius 2 is 1.95 bits per heavy atom. The van der Waals surface area contributed by atoms with Gasteiger partial charge in [-0.05, 0) is 94.4 Å². The summed E-state index contributed by atoms with van der Waals surface area (Å²) in [5.74, 6) is 0.0645. The summed E-state index contributed by atoms with van der Waals surface area (Å²) in [6.45, 7) is 1.81. The van der Waals surface area contributed by atoms with E-state index in [4.69, 9.17) is 21.1 Å². The minimum Gasteiger partial charge on any atom is -0.493 e. The number of nitrogens with zero attached hydrogens (tertiary/aromatic N) is 1. The highest BCUT2D eigenvalue weighted by Crippen LogP contribution is 2.38. The average Bonchev–Trinajstić information content (AvgIpc) is 3.13.